The van der Waals surface area contributed by atoms with Crippen LogP contribution in [0.15, 0.2) is 90.1 Å². The highest BCUT2D eigenvalue weighted by Gasteiger charge is 2.24. The minimum Gasteiger partial charge on any atom is -0.496 e. The van der Waals surface area contributed by atoms with Crippen LogP contribution in [0.5, 0.6) is 17.2 Å². The maximum absolute atomic E-state index is 12.6. The predicted octanol–water partition coefficient (Wildman–Crippen LogP) is 7.09. The van der Waals surface area contributed by atoms with E-state index >= 15 is 0 Å². The van der Waals surface area contributed by atoms with Crippen LogP contribution in [0.3, 0.4) is 0 Å². The maximum Gasteiger partial charge on any atom is 0.319 e. The molecular weight excluding hydrogens is 732 g/mol. The van der Waals surface area contributed by atoms with Gasteiger partial charge in [-0.05, 0) is 73.9 Å². The molecule has 0 aliphatic heterocycles. The molecule has 0 unspecified atom stereocenters. The lowest BCUT2D eigenvalue weighted by molar-refractivity contribution is 0.0997. The van der Waals surface area contributed by atoms with Gasteiger partial charge in [0.05, 0.1) is 62.2 Å². The number of carbonyl (C=O) groups excluding carboxylic acids is 2. The zero-order valence-corrected chi connectivity index (χ0v) is 30.3. The average molecular weight is 763 g/mol. The van der Waals surface area contributed by atoms with Crippen molar-refractivity contribution in [3.05, 3.63) is 112 Å². The molecule has 1 aliphatic carbocycles. The number of pyridine rings is 1. The van der Waals surface area contributed by atoms with Gasteiger partial charge in [-0.25, -0.2) is 13.2 Å². The largest absolute Gasteiger partial charge is 0.496 e. The number of methoxy groups -OCH3 is 1. The van der Waals surface area contributed by atoms with Crippen molar-refractivity contribution in [3.8, 4) is 29.4 Å². The molecule has 6 N–H and O–H groups in total. The Kier molecular flexibility index (Phi) is 10.6. The first-order valence-electron chi connectivity index (χ1n) is 16.3. The van der Waals surface area contributed by atoms with Crippen molar-refractivity contribution in [3.63, 3.8) is 0 Å². The molecule has 6 aromatic rings. The van der Waals surface area contributed by atoms with Crippen molar-refractivity contribution < 1.29 is 27.5 Å². The number of nitrogens with one attached hydrogen (secondary N) is 4. The van der Waals surface area contributed by atoms with Crippen LogP contribution in [0.4, 0.5) is 16.2 Å². The second kappa shape index (κ2) is 15.4. The second-order valence-electron chi connectivity index (χ2n) is 12.1. The number of sulfonamides is 1. The minimum atomic E-state index is -3.85. The van der Waals surface area contributed by atoms with Crippen molar-refractivity contribution in [1.29, 1.82) is 10.5 Å². The highest BCUT2D eigenvalue weighted by atomic mass is 35.5. The van der Waals surface area contributed by atoms with E-state index in [9.17, 15) is 18.0 Å². The van der Waals surface area contributed by atoms with Crippen molar-refractivity contribution in [1.82, 2.24) is 15.3 Å². The first-order valence-corrected chi connectivity index (χ1v) is 18.1. The van der Waals surface area contributed by atoms with Crippen LogP contribution in [0.1, 0.15) is 39.9 Å². The van der Waals surface area contributed by atoms with Gasteiger partial charge in [-0.15, -0.1) is 0 Å². The van der Waals surface area contributed by atoms with E-state index < -0.39 is 15.9 Å². The van der Waals surface area contributed by atoms with Crippen molar-refractivity contribution in [2.75, 3.05) is 17.1 Å². The quantitative estimate of drug-likeness (QED) is 0.101. The van der Waals surface area contributed by atoms with Gasteiger partial charge < -0.3 is 30.8 Å². The number of benzene rings is 4. The van der Waals surface area contributed by atoms with Gasteiger partial charge in [0.1, 0.15) is 23.3 Å². The Labute approximate surface area is 314 Å². The smallest absolute Gasteiger partial charge is 0.319 e. The van der Waals surface area contributed by atoms with E-state index in [4.69, 9.17) is 37.3 Å². The standard InChI is InChI=1S/C21H19ClN4O4.C17H12N4O2S/c1-29-19-10-17-13(9-14(19)20(23)27)18(6-7-24-17)30-12-4-5-16(15(22)8-12)26-21(28)25-11-2-3-11;1-11-5-6-15(17-16(11)13(9-19)10-20-17)21-24(22,23)14-4-2-3-12(7-14)8-18/h4-11H,2-3H2,1H3,(H2,23,27)(H2,25,26,28);2-7,10,20-21H,1H3. The Hall–Kier alpha value is -6.81. The minimum absolute atomic E-state index is 0.00216. The molecule has 4 aromatic carbocycles. The Balaban J connectivity index is 0.000000189. The molecule has 2 heterocycles. The highest BCUT2D eigenvalue weighted by molar-refractivity contribution is 7.92. The SMILES string of the molecule is COc1cc2nccc(Oc3ccc(NC(=O)NC4CC4)c(Cl)c3)c2cc1C(N)=O.Cc1ccc(NS(=O)(=O)c2cccc(C#N)c2)c2[nH]cc(C#N)c12. The highest BCUT2D eigenvalue weighted by Crippen LogP contribution is 2.35. The van der Waals surface area contributed by atoms with Crippen LogP contribution in [0.2, 0.25) is 5.02 Å². The fourth-order valence-electron chi connectivity index (χ4n) is 5.49. The summed E-state index contributed by atoms with van der Waals surface area (Å²) in [6.07, 6.45) is 5.13. The van der Waals surface area contributed by atoms with Crippen LogP contribution in [-0.4, -0.2) is 43.5 Å². The number of hydrogen-bond donors (Lipinski definition) is 5. The number of fused-ring (bicyclic) bond motifs is 2. The van der Waals surface area contributed by atoms with Crippen LogP contribution >= 0.6 is 11.6 Å². The summed E-state index contributed by atoms with van der Waals surface area (Å²) in [5.74, 6) is 0.639. The number of anilines is 2. The molecule has 272 valence electrons. The van der Waals surface area contributed by atoms with Gasteiger partial charge >= 0.3 is 6.03 Å². The van der Waals surface area contributed by atoms with Crippen LogP contribution in [0, 0.1) is 29.6 Å². The predicted molar refractivity (Wildman–Crippen MR) is 203 cm³/mol. The monoisotopic (exact) mass is 762 g/mol. The van der Waals surface area contributed by atoms with Gasteiger partial charge in [-0.2, -0.15) is 10.5 Å². The zero-order chi connectivity index (χ0) is 38.6. The van der Waals surface area contributed by atoms with Crippen molar-refractivity contribution in [2.45, 2.75) is 30.7 Å². The number of amides is 3. The Morgan fingerprint density at radius 3 is 2.46 bits per heavy atom. The van der Waals surface area contributed by atoms with Gasteiger partial charge in [-0.1, -0.05) is 23.7 Å². The third-order valence-corrected chi connectivity index (χ3v) is 9.98. The van der Waals surface area contributed by atoms with Crippen LogP contribution in [-0.2, 0) is 10.0 Å². The van der Waals surface area contributed by atoms with Crippen LogP contribution < -0.4 is 30.6 Å². The number of halogens is 1. The molecular formula is C38H31ClN8O6S. The molecule has 0 saturated heterocycles. The molecule has 2 aromatic heterocycles. The van der Waals surface area contributed by atoms with Gasteiger partial charge in [-0.3, -0.25) is 14.5 Å². The number of nitriles is 2. The van der Waals surface area contributed by atoms with E-state index in [1.54, 1.807) is 60.9 Å². The molecule has 16 heteroatoms. The molecule has 3 amide bonds. The summed E-state index contributed by atoms with van der Waals surface area (Å²) < 4.78 is 38.9. The normalized spacial score (nSPS) is 12.1. The number of aromatic nitrogens is 2. The number of hydrogen-bond acceptors (Lipinski definition) is 9. The lowest BCUT2D eigenvalue weighted by Crippen LogP contribution is -2.30. The number of ether oxygens (including phenoxy) is 2. The molecule has 0 radical (unpaired) electrons. The number of rotatable bonds is 9. The number of H-pyrrole nitrogens is 1. The molecule has 0 spiro atoms. The van der Waals surface area contributed by atoms with Crippen LogP contribution in [0.25, 0.3) is 21.8 Å². The molecule has 1 aliphatic rings. The van der Waals surface area contributed by atoms with Gasteiger partial charge in [0.25, 0.3) is 15.9 Å². The number of primary amides is 1. The van der Waals surface area contributed by atoms with Gasteiger partial charge in [0.15, 0.2) is 0 Å². The number of urea groups is 1. The fourth-order valence-corrected chi connectivity index (χ4v) is 6.82. The van der Waals surface area contributed by atoms with E-state index in [0.29, 0.717) is 61.0 Å². The Bertz CT molecular complexity index is 2650. The van der Waals surface area contributed by atoms with E-state index in [2.05, 4.69) is 31.4 Å². The maximum atomic E-state index is 12.6. The van der Waals surface area contributed by atoms with E-state index in [0.717, 1.165) is 18.4 Å². The summed E-state index contributed by atoms with van der Waals surface area (Å²) in [4.78, 5) is 30.9. The summed E-state index contributed by atoms with van der Waals surface area (Å²) in [6, 6.07) is 22.9. The van der Waals surface area contributed by atoms with E-state index in [-0.39, 0.29) is 28.1 Å². The van der Waals surface area contributed by atoms with Crippen molar-refractivity contribution >= 4 is 66.7 Å². The molecule has 54 heavy (non-hydrogen) atoms. The molecule has 0 bridgehead atoms. The number of nitrogens with two attached hydrogens (primary N) is 1. The Morgan fingerprint density at radius 2 is 1.78 bits per heavy atom. The van der Waals surface area contributed by atoms with E-state index in [1.165, 1.54) is 31.4 Å². The molecule has 1 saturated carbocycles. The lowest BCUT2D eigenvalue weighted by atomic mass is 10.1. The van der Waals surface area contributed by atoms with Crippen molar-refractivity contribution in [2.24, 2.45) is 5.73 Å². The van der Waals surface area contributed by atoms with Gasteiger partial charge in [0, 0.05) is 41.3 Å². The van der Waals surface area contributed by atoms with Gasteiger partial charge in [0.2, 0.25) is 0 Å². The summed E-state index contributed by atoms with van der Waals surface area (Å²) >= 11 is 6.30. The average Bonchev–Trinajstić information content (AvgIpc) is 3.86. The third-order valence-electron chi connectivity index (χ3n) is 8.30. The summed E-state index contributed by atoms with van der Waals surface area (Å²) in [5, 5.41) is 25.2. The lowest BCUT2D eigenvalue weighted by Gasteiger charge is -2.13. The summed E-state index contributed by atoms with van der Waals surface area (Å²) in [7, 11) is -2.40. The fraction of sp³-hybridized carbons (Fsp3) is 0.132. The number of carbonyl (C=O) groups is 2. The topological polar surface area (TPSA) is 225 Å². The summed E-state index contributed by atoms with van der Waals surface area (Å²) in [6.45, 7) is 1.85. The Morgan fingerprint density at radius 1 is 1.00 bits per heavy atom. The number of nitrogens with zero attached hydrogens (tertiary/aromatic N) is 3. The number of aryl methyl sites for hydroxylation is 1. The summed E-state index contributed by atoms with van der Waals surface area (Å²) in [5.41, 5.74) is 9.22. The second-order valence-corrected chi connectivity index (χ2v) is 14.2. The number of aromatic amines is 1. The van der Waals surface area contributed by atoms with E-state index in [1.807, 2.05) is 13.0 Å². The first-order chi connectivity index (χ1) is 25.9. The molecule has 0 atom stereocenters. The molecule has 1 fully saturated rings. The first kappa shape index (κ1) is 37.0. The third kappa shape index (κ3) is 8.13. The molecule has 14 nitrogen and oxygen atoms in total. The molecule has 7 rings (SSSR count). The zero-order valence-electron chi connectivity index (χ0n) is 28.7.